The highest BCUT2D eigenvalue weighted by Crippen LogP contribution is 2.30. The van der Waals surface area contributed by atoms with Gasteiger partial charge >= 0.3 is 0 Å². The fourth-order valence-corrected chi connectivity index (χ4v) is 2.21. The summed E-state index contributed by atoms with van der Waals surface area (Å²) in [5.41, 5.74) is 1.21. The summed E-state index contributed by atoms with van der Waals surface area (Å²) in [4.78, 5) is 1.14. The second kappa shape index (κ2) is 4.07. The molecule has 0 atom stereocenters. The van der Waals surface area contributed by atoms with Crippen LogP contribution in [0.5, 0.6) is 0 Å². The number of aromatic amines is 1. The number of benzene rings is 1. The van der Waals surface area contributed by atoms with Gasteiger partial charge in [0, 0.05) is 16.1 Å². The summed E-state index contributed by atoms with van der Waals surface area (Å²) in [6.45, 7) is 2.06. The molecule has 14 heavy (non-hydrogen) atoms. The van der Waals surface area contributed by atoms with E-state index >= 15 is 0 Å². The average Bonchev–Trinajstić information content (AvgIpc) is 2.64. The van der Waals surface area contributed by atoms with Crippen LogP contribution in [0.15, 0.2) is 40.4 Å². The summed E-state index contributed by atoms with van der Waals surface area (Å²) < 4.78 is 0. The van der Waals surface area contributed by atoms with Crippen molar-refractivity contribution in [2.75, 3.05) is 0 Å². The Balaban J connectivity index is 2.28. The molecular weight excluding hydrogens is 216 g/mol. The van der Waals surface area contributed by atoms with Gasteiger partial charge in [0.25, 0.3) is 0 Å². The molecule has 0 amide bonds. The third kappa shape index (κ3) is 2.11. The lowest BCUT2D eigenvalue weighted by Crippen LogP contribution is -1.80. The monoisotopic (exact) mass is 224 g/mol. The van der Waals surface area contributed by atoms with Gasteiger partial charge in [0.15, 0.2) is 0 Å². The van der Waals surface area contributed by atoms with E-state index in [0.29, 0.717) is 0 Å². The Morgan fingerprint density at radius 1 is 1.36 bits per heavy atom. The molecule has 0 spiro atoms. The van der Waals surface area contributed by atoms with E-state index in [-0.39, 0.29) is 0 Å². The molecule has 1 N–H and O–H groups in total. The number of H-pyrrole nitrogens is 1. The van der Waals surface area contributed by atoms with Crippen molar-refractivity contribution in [3.05, 3.63) is 41.0 Å². The maximum Gasteiger partial charge on any atom is 0.123 e. The lowest BCUT2D eigenvalue weighted by atomic mass is 10.2. The smallest absolute Gasteiger partial charge is 0.123 e. The van der Waals surface area contributed by atoms with Crippen LogP contribution in [-0.2, 0) is 0 Å². The number of hydrogen-bond donors (Lipinski definition) is 1. The van der Waals surface area contributed by atoms with Crippen molar-refractivity contribution in [3.8, 4) is 0 Å². The van der Waals surface area contributed by atoms with E-state index in [1.807, 2.05) is 30.5 Å². The zero-order chi connectivity index (χ0) is 9.97. The minimum Gasteiger partial charge on any atom is -0.285 e. The quantitative estimate of drug-likeness (QED) is 0.846. The van der Waals surface area contributed by atoms with Crippen LogP contribution in [0.3, 0.4) is 0 Å². The van der Waals surface area contributed by atoms with Crippen molar-refractivity contribution < 1.29 is 0 Å². The van der Waals surface area contributed by atoms with Crippen LogP contribution in [0.1, 0.15) is 5.56 Å². The van der Waals surface area contributed by atoms with Crippen LogP contribution in [0.4, 0.5) is 0 Å². The molecule has 4 heteroatoms. The number of nitrogens with zero attached hydrogens (tertiary/aromatic N) is 1. The van der Waals surface area contributed by atoms with Crippen molar-refractivity contribution in [2.45, 2.75) is 16.8 Å². The van der Waals surface area contributed by atoms with E-state index in [0.717, 1.165) is 14.9 Å². The van der Waals surface area contributed by atoms with Crippen molar-refractivity contribution in [2.24, 2.45) is 0 Å². The van der Waals surface area contributed by atoms with Crippen LogP contribution in [0.2, 0.25) is 5.02 Å². The SMILES string of the molecule is Cc1ccc(Cl)cc1Sc1cc[nH]n1. The predicted octanol–water partition coefficient (Wildman–Crippen LogP) is 3.52. The van der Waals surface area contributed by atoms with Gasteiger partial charge in [0.05, 0.1) is 0 Å². The van der Waals surface area contributed by atoms with Crippen molar-refractivity contribution in [1.29, 1.82) is 0 Å². The molecule has 0 fully saturated rings. The van der Waals surface area contributed by atoms with Crippen molar-refractivity contribution >= 4 is 23.4 Å². The van der Waals surface area contributed by atoms with Gasteiger partial charge in [-0.3, -0.25) is 5.10 Å². The molecule has 0 aliphatic rings. The Labute approximate surface area is 91.7 Å². The Hall–Kier alpha value is -0.930. The van der Waals surface area contributed by atoms with Gasteiger partial charge < -0.3 is 0 Å². The molecular formula is C10H9ClN2S. The van der Waals surface area contributed by atoms with Crippen LogP contribution in [0.25, 0.3) is 0 Å². The molecule has 0 saturated heterocycles. The molecule has 2 rings (SSSR count). The molecule has 1 aromatic heterocycles. The summed E-state index contributed by atoms with van der Waals surface area (Å²) in [6.07, 6.45) is 1.81. The van der Waals surface area contributed by atoms with Gasteiger partial charge in [-0.1, -0.05) is 29.4 Å². The van der Waals surface area contributed by atoms with Gasteiger partial charge in [-0.2, -0.15) is 5.10 Å². The number of hydrogen-bond acceptors (Lipinski definition) is 2. The standard InChI is InChI=1S/C10H9ClN2S/c1-7-2-3-8(11)6-9(7)14-10-4-5-12-13-10/h2-6H,1H3,(H,12,13). The lowest BCUT2D eigenvalue weighted by Gasteiger charge is -2.02. The van der Waals surface area contributed by atoms with Gasteiger partial charge in [-0.05, 0) is 30.7 Å². The van der Waals surface area contributed by atoms with Crippen LogP contribution in [-0.4, -0.2) is 10.2 Å². The first-order valence-electron chi connectivity index (χ1n) is 4.19. The summed E-state index contributed by atoms with van der Waals surface area (Å²) in [6, 6.07) is 7.80. The summed E-state index contributed by atoms with van der Waals surface area (Å²) in [7, 11) is 0. The molecule has 0 saturated carbocycles. The highest BCUT2D eigenvalue weighted by Gasteiger charge is 2.03. The Morgan fingerprint density at radius 3 is 2.93 bits per heavy atom. The Kier molecular flexibility index (Phi) is 2.79. The first-order valence-corrected chi connectivity index (χ1v) is 5.39. The molecule has 2 aromatic rings. The molecule has 1 heterocycles. The predicted molar refractivity (Wildman–Crippen MR) is 58.9 cm³/mol. The first-order chi connectivity index (χ1) is 6.75. The van der Waals surface area contributed by atoms with E-state index in [9.17, 15) is 0 Å². The molecule has 0 aliphatic heterocycles. The van der Waals surface area contributed by atoms with E-state index < -0.39 is 0 Å². The van der Waals surface area contributed by atoms with Crippen LogP contribution >= 0.6 is 23.4 Å². The van der Waals surface area contributed by atoms with Crippen molar-refractivity contribution in [3.63, 3.8) is 0 Å². The second-order valence-corrected chi connectivity index (χ2v) is 4.42. The molecule has 72 valence electrons. The van der Waals surface area contributed by atoms with Gasteiger partial charge in [0.2, 0.25) is 0 Å². The Morgan fingerprint density at radius 2 is 2.21 bits per heavy atom. The highest BCUT2D eigenvalue weighted by molar-refractivity contribution is 7.99. The van der Waals surface area contributed by atoms with Crippen LogP contribution < -0.4 is 0 Å². The molecule has 1 aromatic carbocycles. The highest BCUT2D eigenvalue weighted by atomic mass is 35.5. The summed E-state index contributed by atoms with van der Waals surface area (Å²) in [5.74, 6) is 0. The van der Waals surface area contributed by atoms with Gasteiger partial charge in [-0.15, -0.1) is 0 Å². The van der Waals surface area contributed by atoms with Crippen LogP contribution in [0, 0.1) is 6.92 Å². The molecule has 0 bridgehead atoms. The molecule has 0 radical (unpaired) electrons. The Bertz CT molecular complexity index is 426. The number of rotatable bonds is 2. The minimum absolute atomic E-state index is 0.758. The maximum absolute atomic E-state index is 5.92. The first kappa shape index (κ1) is 9.62. The largest absolute Gasteiger partial charge is 0.285 e. The molecule has 0 unspecified atom stereocenters. The number of aryl methyl sites for hydroxylation is 1. The number of aromatic nitrogens is 2. The summed E-state index contributed by atoms with van der Waals surface area (Å²) >= 11 is 7.52. The lowest BCUT2D eigenvalue weighted by molar-refractivity contribution is 1.00. The normalized spacial score (nSPS) is 10.4. The molecule has 2 nitrogen and oxygen atoms in total. The van der Waals surface area contributed by atoms with E-state index in [2.05, 4.69) is 17.1 Å². The average molecular weight is 225 g/mol. The zero-order valence-electron chi connectivity index (χ0n) is 7.62. The van der Waals surface area contributed by atoms with E-state index in [4.69, 9.17) is 11.6 Å². The molecule has 0 aliphatic carbocycles. The number of halogens is 1. The fraction of sp³-hybridized carbons (Fsp3) is 0.100. The van der Waals surface area contributed by atoms with Gasteiger partial charge in [0.1, 0.15) is 5.03 Å². The topological polar surface area (TPSA) is 28.7 Å². The van der Waals surface area contributed by atoms with Gasteiger partial charge in [-0.25, -0.2) is 0 Å². The van der Waals surface area contributed by atoms with Crippen molar-refractivity contribution in [1.82, 2.24) is 10.2 Å². The minimum atomic E-state index is 0.758. The second-order valence-electron chi connectivity index (χ2n) is 2.92. The fourth-order valence-electron chi connectivity index (χ4n) is 1.10. The van der Waals surface area contributed by atoms with E-state index in [1.54, 1.807) is 11.8 Å². The zero-order valence-corrected chi connectivity index (χ0v) is 9.19. The number of nitrogens with one attached hydrogen (secondary N) is 1. The van der Waals surface area contributed by atoms with E-state index in [1.165, 1.54) is 5.56 Å². The third-order valence-corrected chi connectivity index (χ3v) is 3.17. The summed E-state index contributed by atoms with van der Waals surface area (Å²) in [5, 5.41) is 8.57. The third-order valence-electron chi connectivity index (χ3n) is 1.84. The maximum atomic E-state index is 5.92.